The van der Waals surface area contributed by atoms with Gasteiger partial charge in [0.15, 0.2) is 0 Å². The molecule has 0 atom stereocenters. The van der Waals surface area contributed by atoms with Crippen LogP contribution >= 0.6 is 0 Å². The lowest BCUT2D eigenvalue weighted by Crippen LogP contribution is -2.10. The van der Waals surface area contributed by atoms with Crippen molar-refractivity contribution in [3.63, 3.8) is 0 Å². The minimum atomic E-state index is -0.446. The summed E-state index contributed by atoms with van der Waals surface area (Å²) in [5.41, 5.74) is 1.62. The van der Waals surface area contributed by atoms with E-state index in [4.69, 9.17) is 9.47 Å². The first-order valence-electron chi connectivity index (χ1n) is 9.05. The third-order valence-corrected chi connectivity index (χ3v) is 4.13. The molecule has 146 valence electrons. The number of nitro benzene ring substituents is 1. The van der Waals surface area contributed by atoms with E-state index >= 15 is 0 Å². The van der Waals surface area contributed by atoms with E-state index in [-0.39, 0.29) is 24.7 Å². The van der Waals surface area contributed by atoms with E-state index in [0.717, 1.165) is 5.56 Å². The van der Waals surface area contributed by atoms with Gasteiger partial charge in [-0.3, -0.25) is 14.9 Å². The molecule has 0 aliphatic carbocycles. The summed E-state index contributed by atoms with van der Waals surface area (Å²) in [6.07, 6.45) is 0.727. The smallest absolute Gasteiger partial charge is 0.305 e. The molecule has 0 radical (unpaired) electrons. The molecule has 3 aromatic rings. The first-order chi connectivity index (χ1) is 13.6. The van der Waals surface area contributed by atoms with Crippen molar-refractivity contribution in [2.75, 3.05) is 13.2 Å². The summed E-state index contributed by atoms with van der Waals surface area (Å²) in [7, 11) is 0. The second-order valence-corrected chi connectivity index (χ2v) is 6.16. The Morgan fingerprint density at radius 3 is 2.71 bits per heavy atom. The highest BCUT2D eigenvalue weighted by Gasteiger charge is 2.17. The predicted molar refractivity (Wildman–Crippen MR) is 103 cm³/mol. The van der Waals surface area contributed by atoms with Gasteiger partial charge in [0.05, 0.1) is 35.6 Å². The number of rotatable bonds is 9. The summed E-state index contributed by atoms with van der Waals surface area (Å²) in [6, 6.07) is 14.2. The average Bonchev–Trinajstić information content (AvgIpc) is 3.02. The normalized spacial score (nSPS) is 10.8. The van der Waals surface area contributed by atoms with E-state index in [2.05, 4.69) is 5.10 Å². The van der Waals surface area contributed by atoms with Gasteiger partial charge in [0.2, 0.25) is 5.88 Å². The maximum Gasteiger partial charge on any atom is 0.305 e. The van der Waals surface area contributed by atoms with E-state index < -0.39 is 4.92 Å². The average molecular weight is 383 g/mol. The minimum Gasteiger partial charge on any atom is -0.477 e. The Morgan fingerprint density at radius 1 is 1.21 bits per heavy atom. The van der Waals surface area contributed by atoms with Crippen LogP contribution in [0.15, 0.2) is 48.5 Å². The number of non-ortho nitro benzene ring substituents is 1. The van der Waals surface area contributed by atoms with E-state index in [1.54, 1.807) is 17.7 Å². The van der Waals surface area contributed by atoms with Crippen LogP contribution in [0, 0.1) is 10.1 Å². The van der Waals surface area contributed by atoms with E-state index in [0.29, 0.717) is 36.4 Å². The number of hydrogen-bond donors (Lipinski definition) is 0. The van der Waals surface area contributed by atoms with Crippen molar-refractivity contribution in [1.29, 1.82) is 0 Å². The van der Waals surface area contributed by atoms with Gasteiger partial charge >= 0.3 is 5.97 Å². The number of fused-ring (bicyclic) bond motifs is 1. The highest BCUT2D eigenvalue weighted by Crippen LogP contribution is 2.30. The second-order valence-electron chi connectivity index (χ2n) is 6.16. The molecule has 1 heterocycles. The molecule has 0 N–H and O–H groups in total. The van der Waals surface area contributed by atoms with Gasteiger partial charge in [0, 0.05) is 18.6 Å². The summed E-state index contributed by atoms with van der Waals surface area (Å²) in [5, 5.41) is 16.2. The molecule has 0 saturated carbocycles. The Balaban J connectivity index is 1.84. The van der Waals surface area contributed by atoms with Crippen LogP contribution in [0.25, 0.3) is 10.9 Å². The van der Waals surface area contributed by atoms with E-state index in [1.165, 1.54) is 12.1 Å². The molecule has 0 aliphatic rings. The van der Waals surface area contributed by atoms with Crippen LogP contribution in [0.3, 0.4) is 0 Å². The molecule has 0 aliphatic heterocycles. The fourth-order valence-electron chi connectivity index (χ4n) is 2.84. The van der Waals surface area contributed by atoms with Crippen LogP contribution in [-0.2, 0) is 16.1 Å². The molecule has 2 aromatic carbocycles. The lowest BCUT2D eigenvalue weighted by Gasteiger charge is -2.10. The summed E-state index contributed by atoms with van der Waals surface area (Å²) >= 11 is 0. The number of ether oxygens (including phenoxy) is 2. The van der Waals surface area contributed by atoms with Crippen molar-refractivity contribution in [2.45, 2.75) is 26.3 Å². The van der Waals surface area contributed by atoms with Crippen LogP contribution < -0.4 is 4.74 Å². The minimum absolute atomic E-state index is 0.0249. The molecular weight excluding hydrogens is 362 g/mol. The van der Waals surface area contributed by atoms with Crippen molar-refractivity contribution >= 4 is 22.6 Å². The summed E-state index contributed by atoms with van der Waals surface area (Å²) < 4.78 is 12.5. The molecule has 8 heteroatoms. The number of hydrogen-bond acceptors (Lipinski definition) is 6. The summed E-state index contributed by atoms with van der Waals surface area (Å²) in [4.78, 5) is 22.2. The van der Waals surface area contributed by atoms with Crippen LogP contribution in [0.1, 0.15) is 25.3 Å². The monoisotopic (exact) mass is 383 g/mol. The number of nitro groups is 1. The largest absolute Gasteiger partial charge is 0.477 e. The van der Waals surface area contributed by atoms with Gasteiger partial charge in [-0.1, -0.05) is 30.3 Å². The maximum absolute atomic E-state index is 11.5. The quantitative estimate of drug-likeness (QED) is 0.242. The molecule has 0 unspecified atom stereocenters. The van der Waals surface area contributed by atoms with Crippen LogP contribution in [0.4, 0.5) is 5.69 Å². The summed E-state index contributed by atoms with van der Waals surface area (Å²) in [6.45, 7) is 2.85. The van der Waals surface area contributed by atoms with E-state index in [1.807, 2.05) is 30.3 Å². The fourth-order valence-corrected chi connectivity index (χ4v) is 2.84. The third kappa shape index (κ3) is 4.64. The molecule has 0 spiro atoms. The van der Waals surface area contributed by atoms with Gasteiger partial charge in [-0.15, -0.1) is 0 Å². The van der Waals surface area contributed by atoms with Gasteiger partial charge < -0.3 is 9.47 Å². The number of nitrogens with zero attached hydrogens (tertiary/aromatic N) is 3. The number of esters is 1. The van der Waals surface area contributed by atoms with Crippen LogP contribution in [0.5, 0.6) is 5.88 Å². The molecule has 28 heavy (non-hydrogen) atoms. The van der Waals surface area contributed by atoms with Crippen LogP contribution in [-0.4, -0.2) is 33.9 Å². The number of aromatic nitrogens is 2. The zero-order chi connectivity index (χ0) is 19.9. The Kier molecular flexibility index (Phi) is 6.21. The molecule has 8 nitrogen and oxygen atoms in total. The van der Waals surface area contributed by atoms with Crippen molar-refractivity contribution in [3.8, 4) is 5.88 Å². The fraction of sp³-hybridized carbons (Fsp3) is 0.300. The first-order valence-corrected chi connectivity index (χ1v) is 9.05. The Labute approximate surface area is 161 Å². The van der Waals surface area contributed by atoms with Crippen molar-refractivity contribution in [1.82, 2.24) is 9.78 Å². The third-order valence-electron chi connectivity index (χ3n) is 4.13. The highest BCUT2D eigenvalue weighted by molar-refractivity contribution is 5.86. The molecule has 0 bridgehead atoms. The Hall–Kier alpha value is -3.42. The highest BCUT2D eigenvalue weighted by atomic mass is 16.6. The predicted octanol–water partition coefficient (Wildman–Crippen LogP) is 3.71. The van der Waals surface area contributed by atoms with Gasteiger partial charge in [0.25, 0.3) is 5.69 Å². The maximum atomic E-state index is 11.5. The SMILES string of the molecule is CCOC(=O)CCCOc1c2cc([N+](=O)[O-])ccc2nn1Cc1ccccc1. The van der Waals surface area contributed by atoms with Gasteiger partial charge in [-0.2, -0.15) is 5.10 Å². The molecule has 0 saturated heterocycles. The Morgan fingerprint density at radius 2 is 2.00 bits per heavy atom. The van der Waals surface area contributed by atoms with E-state index in [9.17, 15) is 14.9 Å². The molecule has 3 rings (SSSR count). The molecular formula is C20H21N3O5. The zero-order valence-corrected chi connectivity index (χ0v) is 15.5. The molecule has 0 fully saturated rings. The van der Waals surface area contributed by atoms with Gasteiger partial charge in [0.1, 0.15) is 0 Å². The van der Waals surface area contributed by atoms with Gasteiger partial charge in [-0.05, 0) is 25.0 Å². The lowest BCUT2D eigenvalue weighted by molar-refractivity contribution is -0.384. The van der Waals surface area contributed by atoms with Crippen molar-refractivity contribution in [3.05, 3.63) is 64.2 Å². The zero-order valence-electron chi connectivity index (χ0n) is 15.5. The summed E-state index contributed by atoms with van der Waals surface area (Å²) in [5.74, 6) is 0.177. The lowest BCUT2D eigenvalue weighted by atomic mass is 10.2. The second kappa shape index (κ2) is 8.98. The van der Waals surface area contributed by atoms with Crippen molar-refractivity contribution in [2.24, 2.45) is 0 Å². The molecule has 1 aromatic heterocycles. The number of benzene rings is 2. The van der Waals surface area contributed by atoms with Crippen molar-refractivity contribution < 1.29 is 19.2 Å². The topological polar surface area (TPSA) is 96.5 Å². The Bertz CT molecular complexity index is 969. The number of carbonyl (C=O) groups is 1. The standard InChI is InChI=1S/C20H21N3O5/c1-2-27-19(24)9-6-12-28-20-17-13-16(23(25)26)10-11-18(17)21-22(20)14-15-7-4-3-5-8-15/h3-5,7-8,10-11,13H,2,6,9,12,14H2,1H3. The van der Waals surface area contributed by atoms with Gasteiger partial charge in [-0.25, -0.2) is 4.68 Å². The number of carbonyl (C=O) groups excluding carboxylic acids is 1. The molecule has 0 amide bonds. The van der Waals surface area contributed by atoms with Crippen LogP contribution in [0.2, 0.25) is 0 Å². The first kappa shape index (κ1) is 19.3.